The molecule has 0 aliphatic carbocycles. The molecule has 80 valence electrons. The fraction of sp³-hybridized carbons (Fsp3) is 0.800. The minimum absolute atomic E-state index is 0.853. The summed E-state index contributed by atoms with van der Waals surface area (Å²) in [5.41, 5.74) is 0. The van der Waals surface area contributed by atoms with Crippen LogP contribution in [0.4, 0.5) is 0 Å². The lowest BCUT2D eigenvalue weighted by molar-refractivity contribution is 0.953. The molecule has 4 heteroatoms. The van der Waals surface area contributed by atoms with E-state index in [1.54, 1.807) is 0 Å². The summed E-state index contributed by atoms with van der Waals surface area (Å²) in [6.45, 7) is 8.47. The van der Waals surface area contributed by atoms with Crippen molar-refractivity contribution in [3.05, 3.63) is 0 Å². The molecular formula is C10H21BN3-. The normalized spacial score (nSPS) is 19.7. The van der Waals surface area contributed by atoms with E-state index in [0.29, 0.717) is 0 Å². The highest BCUT2D eigenvalue weighted by Crippen LogP contribution is 2.24. The third-order valence-corrected chi connectivity index (χ3v) is 2.73. The Hall–Kier alpha value is -0.795. The zero-order valence-corrected chi connectivity index (χ0v) is 9.80. The molecule has 0 fully saturated rings. The van der Waals surface area contributed by atoms with Crippen LogP contribution >= 0.6 is 0 Å². The van der Waals surface area contributed by atoms with Crippen LogP contribution in [-0.4, -0.2) is 18.1 Å². The zero-order chi connectivity index (χ0) is 10.6. The van der Waals surface area contributed by atoms with Crippen molar-refractivity contribution >= 4 is 18.1 Å². The Morgan fingerprint density at radius 1 is 1.00 bits per heavy atom. The maximum atomic E-state index is 4.72. The molecule has 3 nitrogen and oxygen atoms in total. The van der Waals surface area contributed by atoms with Crippen molar-refractivity contribution < 1.29 is 0 Å². The quantitative estimate of drug-likeness (QED) is 0.686. The van der Waals surface area contributed by atoms with Crippen molar-refractivity contribution in [2.24, 2.45) is 9.81 Å². The van der Waals surface area contributed by atoms with E-state index in [2.05, 4.69) is 19.2 Å². The average Bonchev–Trinajstić information content (AvgIpc) is 2.02. The molecule has 1 N–H and O–H groups in total. The molecule has 0 aromatic rings. The highest BCUT2D eigenvalue weighted by molar-refractivity contribution is 6.79. The number of nitrogens with zero attached hydrogens (tertiary/aromatic N) is 2. The van der Waals surface area contributed by atoms with Crippen LogP contribution in [0.15, 0.2) is 9.81 Å². The maximum Gasteiger partial charge on any atom is 0.215 e. The second kappa shape index (κ2) is 4.62. The predicted octanol–water partition coefficient (Wildman–Crippen LogP) is 2.69. The van der Waals surface area contributed by atoms with Gasteiger partial charge < -0.3 is 15.1 Å². The third-order valence-electron chi connectivity index (χ3n) is 2.73. The number of hydrogen-bond acceptors (Lipinski definition) is 3. The largest absolute Gasteiger partial charge is 0.463 e. The molecule has 0 radical (unpaired) electrons. The van der Waals surface area contributed by atoms with Gasteiger partial charge in [-0.05, 0) is 13.8 Å². The van der Waals surface area contributed by atoms with Crippen molar-refractivity contribution in [2.75, 3.05) is 0 Å². The van der Waals surface area contributed by atoms with E-state index in [4.69, 9.17) is 9.81 Å². The SMILES string of the molecule is CCC[B-]1(CCC)N=C(C)NC(C)=N1. The molecule has 1 rings (SSSR count). The van der Waals surface area contributed by atoms with Crippen molar-refractivity contribution in [3.8, 4) is 0 Å². The van der Waals surface area contributed by atoms with Gasteiger partial charge in [0.05, 0.1) is 11.7 Å². The van der Waals surface area contributed by atoms with Gasteiger partial charge in [-0.3, -0.25) is 0 Å². The van der Waals surface area contributed by atoms with E-state index >= 15 is 0 Å². The van der Waals surface area contributed by atoms with Crippen LogP contribution in [0.2, 0.25) is 12.6 Å². The lowest BCUT2D eigenvalue weighted by Crippen LogP contribution is -2.43. The van der Waals surface area contributed by atoms with Gasteiger partial charge in [0, 0.05) is 0 Å². The molecule has 0 unspecified atom stereocenters. The Kier molecular flexibility index (Phi) is 3.73. The first kappa shape index (κ1) is 11.3. The smallest absolute Gasteiger partial charge is 0.215 e. The molecule has 1 heterocycles. The lowest BCUT2D eigenvalue weighted by Gasteiger charge is -2.37. The van der Waals surface area contributed by atoms with Crippen molar-refractivity contribution in [2.45, 2.75) is 53.2 Å². The van der Waals surface area contributed by atoms with E-state index in [1.807, 2.05) is 13.8 Å². The van der Waals surface area contributed by atoms with Gasteiger partial charge >= 0.3 is 0 Å². The molecule has 0 atom stereocenters. The Bertz CT molecular complexity index is 232. The first-order chi connectivity index (χ1) is 6.62. The number of rotatable bonds is 4. The highest BCUT2D eigenvalue weighted by Gasteiger charge is 2.24. The minimum Gasteiger partial charge on any atom is -0.463 e. The highest BCUT2D eigenvalue weighted by atomic mass is 15.1. The van der Waals surface area contributed by atoms with Gasteiger partial charge in [0.25, 0.3) is 0 Å². The minimum atomic E-state index is -0.853. The fourth-order valence-corrected chi connectivity index (χ4v) is 2.40. The Morgan fingerprint density at radius 3 is 1.79 bits per heavy atom. The summed E-state index contributed by atoms with van der Waals surface area (Å²) in [6.07, 6.45) is 3.70. The Morgan fingerprint density at radius 2 is 1.43 bits per heavy atom. The first-order valence-corrected chi connectivity index (χ1v) is 5.69. The van der Waals surface area contributed by atoms with Crippen molar-refractivity contribution in [1.29, 1.82) is 0 Å². The molecule has 0 aromatic heterocycles. The Balaban J connectivity index is 2.88. The summed E-state index contributed by atoms with van der Waals surface area (Å²) in [5, 5.41) is 3.17. The molecule has 0 spiro atoms. The van der Waals surface area contributed by atoms with Gasteiger partial charge in [0.15, 0.2) is 0 Å². The van der Waals surface area contributed by atoms with Crippen LogP contribution in [0.5, 0.6) is 0 Å². The van der Waals surface area contributed by atoms with Crippen LogP contribution < -0.4 is 5.32 Å². The standard InChI is InChI=1S/C10H21BN3/c1-5-7-11(8-6-2)13-9(3)12-10(4)14-11/h5-8H2,1-4H3,(H,12,13,14)/q-1. The summed E-state index contributed by atoms with van der Waals surface area (Å²) >= 11 is 0. The molecule has 14 heavy (non-hydrogen) atoms. The monoisotopic (exact) mass is 194 g/mol. The van der Waals surface area contributed by atoms with E-state index in [0.717, 1.165) is 37.2 Å². The maximum absolute atomic E-state index is 4.72. The average molecular weight is 194 g/mol. The summed E-state index contributed by atoms with van der Waals surface area (Å²) in [4.78, 5) is 9.45. The fourth-order valence-electron chi connectivity index (χ4n) is 2.40. The number of nitrogens with one attached hydrogen (secondary N) is 1. The van der Waals surface area contributed by atoms with Gasteiger partial charge in [-0.25, -0.2) is 0 Å². The number of amidine groups is 2. The third kappa shape index (κ3) is 2.60. The van der Waals surface area contributed by atoms with Crippen molar-refractivity contribution in [3.63, 3.8) is 0 Å². The van der Waals surface area contributed by atoms with Crippen LogP contribution in [0.1, 0.15) is 40.5 Å². The molecule has 0 saturated carbocycles. The molecule has 0 amide bonds. The summed E-state index contributed by atoms with van der Waals surface area (Å²) in [5.74, 6) is 2.05. The van der Waals surface area contributed by atoms with E-state index in [9.17, 15) is 0 Å². The van der Waals surface area contributed by atoms with Gasteiger partial charge in [-0.15, -0.1) is 12.6 Å². The molecule has 1 aliphatic rings. The van der Waals surface area contributed by atoms with Crippen LogP contribution in [-0.2, 0) is 0 Å². The van der Waals surface area contributed by atoms with Gasteiger partial charge in [0.1, 0.15) is 0 Å². The van der Waals surface area contributed by atoms with Crippen molar-refractivity contribution in [1.82, 2.24) is 5.32 Å². The summed E-state index contributed by atoms with van der Waals surface area (Å²) < 4.78 is 0. The molecule has 0 bridgehead atoms. The van der Waals surface area contributed by atoms with E-state index in [1.165, 1.54) is 0 Å². The zero-order valence-electron chi connectivity index (χ0n) is 9.80. The second-order valence-electron chi connectivity index (χ2n) is 4.27. The summed E-state index contributed by atoms with van der Waals surface area (Å²) in [7, 11) is 0. The predicted molar refractivity (Wildman–Crippen MR) is 65.3 cm³/mol. The first-order valence-electron chi connectivity index (χ1n) is 5.69. The summed E-state index contributed by atoms with van der Waals surface area (Å²) in [6, 6.07) is 0. The van der Waals surface area contributed by atoms with Crippen LogP contribution in [0, 0.1) is 0 Å². The van der Waals surface area contributed by atoms with E-state index < -0.39 is 6.42 Å². The number of hydrogen-bond donors (Lipinski definition) is 1. The van der Waals surface area contributed by atoms with Crippen LogP contribution in [0.25, 0.3) is 0 Å². The van der Waals surface area contributed by atoms with E-state index in [-0.39, 0.29) is 0 Å². The lowest BCUT2D eigenvalue weighted by atomic mass is 9.42. The van der Waals surface area contributed by atoms with Crippen LogP contribution in [0.3, 0.4) is 0 Å². The van der Waals surface area contributed by atoms with Gasteiger partial charge in [-0.1, -0.05) is 26.7 Å². The topological polar surface area (TPSA) is 36.8 Å². The van der Waals surface area contributed by atoms with Gasteiger partial charge in [0.2, 0.25) is 6.42 Å². The molecule has 0 aromatic carbocycles. The molecule has 0 saturated heterocycles. The molecular weight excluding hydrogens is 173 g/mol. The molecule has 1 aliphatic heterocycles. The van der Waals surface area contributed by atoms with Gasteiger partial charge in [-0.2, -0.15) is 0 Å². The Labute approximate surface area is 87.1 Å². The second-order valence-corrected chi connectivity index (χ2v) is 4.27.